The number of carbonyl (C=O) groups excluding carboxylic acids is 1. The Morgan fingerprint density at radius 3 is 2.32 bits per heavy atom. The Bertz CT molecular complexity index is 963. The molecule has 2 aromatic carbocycles. The maximum atomic E-state index is 12.5. The predicted molar refractivity (Wildman–Crippen MR) is 90.9 cm³/mol. The van der Waals surface area contributed by atoms with Crippen LogP contribution in [0.2, 0.25) is 0 Å². The van der Waals surface area contributed by atoms with Crippen molar-refractivity contribution in [2.24, 2.45) is 0 Å². The number of nitrogens with one attached hydrogen (secondary N) is 2. The number of ether oxygens (including phenoxy) is 3. The van der Waals surface area contributed by atoms with E-state index >= 15 is 0 Å². The number of methoxy groups -OCH3 is 3. The molecule has 130 valence electrons. The van der Waals surface area contributed by atoms with Crippen LogP contribution in [0.5, 0.6) is 17.2 Å². The van der Waals surface area contributed by atoms with Crippen LogP contribution in [-0.4, -0.2) is 32.2 Å². The van der Waals surface area contributed by atoms with Crippen LogP contribution in [0.15, 0.2) is 39.5 Å². The Morgan fingerprint density at radius 2 is 1.72 bits per heavy atom. The highest BCUT2D eigenvalue weighted by Crippen LogP contribution is 2.38. The van der Waals surface area contributed by atoms with Crippen molar-refractivity contribution >= 4 is 22.7 Å². The third-order valence-corrected chi connectivity index (χ3v) is 3.61. The lowest BCUT2D eigenvalue weighted by molar-refractivity contribution is 0.102. The second kappa shape index (κ2) is 6.60. The maximum Gasteiger partial charge on any atom is 0.417 e. The fraction of sp³-hybridized carbons (Fsp3) is 0.176. The van der Waals surface area contributed by atoms with Gasteiger partial charge in [0.05, 0.1) is 26.8 Å². The zero-order chi connectivity index (χ0) is 18.0. The molecule has 0 aliphatic carbocycles. The number of carbonyl (C=O) groups is 1. The Balaban J connectivity index is 1.92. The third kappa shape index (κ3) is 3.14. The number of oxazole rings is 1. The van der Waals surface area contributed by atoms with Gasteiger partial charge in [-0.2, -0.15) is 0 Å². The molecule has 1 aromatic heterocycles. The molecule has 0 aliphatic heterocycles. The summed E-state index contributed by atoms with van der Waals surface area (Å²) in [6.07, 6.45) is 0. The molecule has 0 saturated carbocycles. The second-order valence-electron chi connectivity index (χ2n) is 5.09. The fourth-order valence-electron chi connectivity index (χ4n) is 2.44. The Hall–Kier alpha value is -3.42. The molecule has 0 bridgehead atoms. The lowest BCUT2D eigenvalue weighted by atomic mass is 10.1. The number of H-pyrrole nitrogens is 1. The largest absolute Gasteiger partial charge is 0.493 e. The average Bonchev–Trinajstić information content (AvgIpc) is 2.99. The molecule has 1 amide bonds. The summed E-state index contributed by atoms with van der Waals surface area (Å²) in [5.74, 6) is 0.217. The average molecular weight is 344 g/mol. The second-order valence-corrected chi connectivity index (χ2v) is 5.09. The number of amides is 1. The zero-order valence-electron chi connectivity index (χ0n) is 13.8. The van der Waals surface area contributed by atoms with E-state index in [9.17, 15) is 9.59 Å². The van der Waals surface area contributed by atoms with Crippen LogP contribution >= 0.6 is 0 Å². The molecule has 2 N–H and O–H groups in total. The first-order valence-corrected chi connectivity index (χ1v) is 7.30. The quantitative estimate of drug-likeness (QED) is 0.737. The van der Waals surface area contributed by atoms with Gasteiger partial charge in [-0.3, -0.25) is 9.78 Å². The number of aromatic nitrogens is 1. The van der Waals surface area contributed by atoms with E-state index in [2.05, 4.69) is 10.3 Å². The highest BCUT2D eigenvalue weighted by Gasteiger charge is 2.17. The van der Waals surface area contributed by atoms with Crippen molar-refractivity contribution in [3.8, 4) is 17.2 Å². The van der Waals surface area contributed by atoms with Crippen LogP contribution in [0.4, 0.5) is 5.69 Å². The van der Waals surface area contributed by atoms with Gasteiger partial charge in [-0.15, -0.1) is 0 Å². The molecular formula is C17H16N2O6. The first kappa shape index (κ1) is 16.4. The summed E-state index contributed by atoms with van der Waals surface area (Å²) < 4.78 is 20.7. The third-order valence-electron chi connectivity index (χ3n) is 3.61. The predicted octanol–water partition coefficient (Wildman–Crippen LogP) is 2.40. The molecule has 0 radical (unpaired) electrons. The molecule has 0 saturated heterocycles. The van der Waals surface area contributed by atoms with Gasteiger partial charge in [0.15, 0.2) is 17.1 Å². The van der Waals surface area contributed by atoms with Gasteiger partial charge in [0, 0.05) is 17.3 Å². The van der Waals surface area contributed by atoms with Gasteiger partial charge in [-0.05, 0) is 24.3 Å². The molecule has 8 nitrogen and oxygen atoms in total. The van der Waals surface area contributed by atoms with E-state index in [4.69, 9.17) is 18.6 Å². The number of aromatic amines is 1. The van der Waals surface area contributed by atoms with E-state index in [0.717, 1.165) is 0 Å². The minimum Gasteiger partial charge on any atom is -0.493 e. The maximum absolute atomic E-state index is 12.5. The molecule has 3 rings (SSSR count). The van der Waals surface area contributed by atoms with Crippen LogP contribution in [-0.2, 0) is 0 Å². The summed E-state index contributed by atoms with van der Waals surface area (Å²) in [7, 11) is 4.43. The van der Waals surface area contributed by atoms with Crippen molar-refractivity contribution in [1.82, 2.24) is 4.98 Å². The van der Waals surface area contributed by atoms with Crippen LogP contribution in [0.25, 0.3) is 11.1 Å². The van der Waals surface area contributed by atoms with Crippen LogP contribution < -0.4 is 25.3 Å². The summed E-state index contributed by atoms with van der Waals surface area (Å²) in [6, 6.07) is 7.95. The van der Waals surface area contributed by atoms with Crippen molar-refractivity contribution < 1.29 is 23.4 Å². The van der Waals surface area contributed by atoms with Crippen molar-refractivity contribution in [2.45, 2.75) is 0 Å². The summed E-state index contributed by atoms with van der Waals surface area (Å²) >= 11 is 0. The fourth-order valence-corrected chi connectivity index (χ4v) is 2.44. The van der Waals surface area contributed by atoms with Gasteiger partial charge in [-0.1, -0.05) is 0 Å². The number of anilines is 1. The van der Waals surface area contributed by atoms with E-state index in [1.807, 2.05) is 0 Å². The van der Waals surface area contributed by atoms with Crippen molar-refractivity contribution in [1.29, 1.82) is 0 Å². The number of hydrogen-bond donors (Lipinski definition) is 2. The van der Waals surface area contributed by atoms with Gasteiger partial charge in [0.1, 0.15) is 0 Å². The van der Waals surface area contributed by atoms with E-state index in [0.29, 0.717) is 39.6 Å². The highest BCUT2D eigenvalue weighted by atomic mass is 16.5. The van der Waals surface area contributed by atoms with E-state index in [-0.39, 0.29) is 5.91 Å². The Labute approximate surface area is 142 Å². The molecule has 0 atom stereocenters. The van der Waals surface area contributed by atoms with E-state index < -0.39 is 5.76 Å². The summed E-state index contributed by atoms with van der Waals surface area (Å²) in [5.41, 5.74) is 1.71. The summed E-state index contributed by atoms with van der Waals surface area (Å²) in [6.45, 7) is 0. The lowest BCUT2D eigenvalue weighted by Crippen LogP contribution is -2.12. The van der Waals surface area contributed by atoms with Crippen LogP contribution in [0, 0.1) is 0 Å². The SMILES string of the molecule is COc1cc(C(=O)Nc2ccc3[nH]c(=O)oc3c2)cc(OC)c1OC. The monoisotopic (exact) mass is 344 g/mol. The first-order valence-electron chi connectivity index (χ1n) is 7.30. The first-order chi connectivity index (χ1) is 12.0. The molecule has 8 heteroatoms. The minimum absolute atomic E-state index is 0.324. The number of rotatable bonds is 5. The zero-order valence-corrected chi connectivity index (χ0v) is 13.8. The van der Waals surface area contributed by atoms with Gasteiger partial charge in [0.25, 0.3) is 5.91 Å². The van der Waals surface area contributed by atoms with Crippen LogP contribution in [0.1, 0.15) is 10.4 Å². The van der Waals surface area contributed by atoms with Crippen molar-refractivity contribution in [3.05, 3.63) is 46.4 Å². The van der Waals surface area contributed by atoms with Crippen molar-refractivity contribution in [3.63, 3.8) is 0 Å². The smallest absolute Gasteiger partial charge is 0.417 e. The van der Waals surface area contributed by atoms with Gasteiger partial charge in [0.2, 0.25) is 5.75 Å². The van der Waals surface area contributed by atoms with Gasteiger partial charge in [-0.25, -0.2) is 4.79 Å². The number of fused-ring (bicyclic) bond motifs is 1. The molecule has 3 aromatic rings. The van der Waals surface area contributed by atoms with Gasteiger partial charge < -0.3 is 23.9 Å². The Kier molecular flexibility index (Phi) is 4.34. The molecule has 0 unspecified atom stereocenters. The van der Waals surface area contributed by atoms with E-state index in [1.54, 1.807) is 30.3 Å². The van der Waals surface area contributed by atoms with Crippen LogP contribution in [0.3, 0.4) is 0 Å². The lowest BCUT2D eigenvalue weighted by Gasteiger charge is -2.14. The molecule has 1 heterocycles. The molecule has 25 heavy (non-hydrogen) atoms. The summed E-state index contributed by atoms with van der Waals surface area (Å²) in [4.78, 5) is 26.3. The van der Waals surface area contributed by atoms with Crippen molar-refractivity contribution in [2.75, 3.05) is 26.6 Å². The van der Waals surface area contributed by atoms with Gasteiger partial charge >= 0.3 is 5.76 Å². The standard InChI is InChI=1S/C17H16N2O6/c1-22-13-6-9(7-14(23-2)15(13)24-3)16(20)18-10-4-5-11-12(8-10)25-17(21)19-11/h4-8H,1-3H3,(H,18,20)(H,19,21). The molecule has 0 spiro atoms. The number of hydrogen-bond acceptors (Lipinski definition) is 6. The molecule has 0 fully saturated rings. The number of benzene rings is 2. The Morgan fingerprint density at radius 1 is 1.04 bits per heavy atom. The summed E-state index contributed by atoms with van der Waals surface area (Å²) in [5, 5.41) is 2.73. The topological polar surface area (TPSA) is 103 Å². The molecular weight excluding hydrogens is 328 g/mol. The van der Waals surface area contributed by atoms with E-state index in [1.165, 1.54) is 21.3 Å². The normalized spacial score (nSPS) is 10.5. The minimum atomic E-state index is -0.553. The highest BCUT2D eigenvalue weighted by molar-refractivity contribution is 6.05. The molecule has 0 aliphatic rings.